The zero-order valence-electron chi connectivity index (χ0n) is 23.2. The minimum Gasteiger partial charge on any atom is -0.363 e. The predicted octanol–water partition coefficient (Wildman–Crippen LogP) is 4.45. The Hall–Kier alpha value is -4.69. The molecule has 2 N–H and O–H groups in total. The molecule has 4 aromatic rings. The second-order valence-electron chi connectivity index (χ2n) is 10.4. The molecular weight excluding hydrogens is 545 g/mol. The van der Waals surface area contributed by atoms with E-state index < -0.39 is 17.6 Å². The van der Waals surface area contributed by atoms with Crippen molar-refractivity contribution in [1.29, 1.82) is 0 Å². The molecule has 216 valence electrons. The molecule has 0 atom stereocenters. The van der Waals surface area contributed by atoms with Crippen LogP contribution in [0.4, 0.5) is 13.2 Å². The molecule has 0 bridgehead atoms. The van der Waals surface area contributed by atoms with Gasteiger partial charge >= 0.3 is 6.18 Å². The van der Waals surface area contributed by atoms with Crippen LogP contribution in [0.15, 0.2) is 55.1 Å². The number of hydrogen-bond acceptors (Lipinski definition) is 5. The summed E-state index contributed by atoms with van der Waals surface area (Å²) < 4.78 is 44.5. The molecule has 42 heavy (non-hydrogen) atoms. The maximum atomic E-state index is 13.8. The number of Topliss-reactive ketones (excluding diaryl/α,β-unsaturated/α-hetero) is 1. The molecule has 0 radical (unpaired) electrons. The molecule has 5 rings (SSSR count). The van der Waals surface area contributed by atoms with Crippen molar-refractivity contribution in [3.8, 4) is 17.5 Å². The summed E-state index contributed by atoms with van der Waals surface area (Å²) in [5, 5.41) is 0. The van der Waals surface area contributed by atoms with Crippen molar-refractivity contribution in [2.45, 2.75) is 38.9 Å². The number of carbonyl (C=O) groups excluding carboxylic acids is 2. The average molecular weight is 575 g/mol. The number of imidazole rings is 2. The van der Waals surface area contributed by atoms with Crippen LogP contribution in [-0.2, 0) is 26.2 Å². The smallest absolute Gasteiger partial charge is 0.363 e. The number of nitrogens with two attached hydrogens (primary N) is 1. The lowest BCUT2D eigenvalue weighted by molar-refractivity contribution is -0.137. The first-order valence-corrected chi connectivity index (χ1v) is 13.4. The molecule has 0 unspecified atom stereocenters. The van der Waals surface area contributed by atoms with Crippen LogP contribution in [0.3, 0.4) is 0 Å². The summed E-state index contributed by atoms with van der Waals surface area (Å²) in [5.74, 6) is 4.96. The summed E-state index contributed by atoms with van der Waals surface area (Å²) in [4.78, 5) is 35.3. The van der Waals surface area contributed by atoms with Gasteiger partial charge in [-0.05, 0) is 74.2 Å². The highest BCUT2D eigenvalue weighted by atomic mass is 19.4. The third kappa shape index (κ3) is 6.44. The van der Waals surface area contributed by atoms with Gasteiger partial charge in [0.15, 0.2) is 11.6 Å². The van der Waals surface area contributed by atoms with Crippen molar-refractivity contribution in [2.24, 2.45) is 12.8 Å². The van der Waals surface area contributed by atoms with Gasteiger partial charge in [-0.2, -0.15) is 13.2 Å². The van der Waals surface area contributed by atoms with Gasteiger partial charge in [-0.15, -0.1) is 0 Å². The maximum Gasteiger partial charge on any atom is 0.416 e. The van der Waals surface area contributed by atoms with Gasteiger partial charge in [-0.25, -0.2) is 9.97 Å². The zero-order valence-corrected chi connectivity index (χ0v) is 23.2. The number of aryl methyl sites for hydroxylation is 1. The Labute approximate surface area is 241 Å². The van der Waals surface area contributed by atoms with Crippen molar-refractivity contribution in [2.75, 3.05) is 13.1 Å². The number of halogens is 3. The Morgan fingerprint density at radius 1 is 1.05 bits per heavy atom. The van der Waals surface area contributed by atoms with Crippen molar-refractivity contribution < 1.29 is 22.8 Å². The Morgan fingerprint density at radius 3 is 2.50 bits per heavy atom. The van der Waals surface area contributed by atoms with E-state index in [4.69, 9.17) is 5.73 Å². The number of amides is 1. The van der Waals surface area contributed by atoms with E-state index in [0.717, 1.165) is 49.3 Å². The number of benzene rings is 2. The molecule has 0 saturated carbocycles. The first kappa shape index (κ1) is 28.8. The summed E-state index contributed by atoms with van der Waals surface area (Å²) in [6.45, 7) is 4.43. The molecule has 3 heterocycles. The molecule has 11 heteroatoms. The number of likely N-dealkylation sites (tertiary alicyclic amines) is 1. The summed E-state index contributed by atoms with van der Waals surface area (Å²) in [6.07, 6.45) is 2.11. The number of nitrogens with zero attached hydrogens (tertiary/aromatic N) is 5. The van der Waals surface area contributed by atoms with Crippen molar-refractivity contribution in [3.63, 3.8) is 0 Å². The number of primary amides is 1. The van der Waals surface area contributed by atoms with Gasteiger partial charge in [0.2, 0.25) is 0 Å². The molecule has 8 nitrogen and oxygen atoms in total. The third-order valence-electron chi connectivity index (χ3n) is 7.28. The molecule has 2 aromatic heterocycles. The Kier molecular flexibility index (Phi) is 8.00. The molecule has 2 aromatic carbocycles. The van der Waals surface area contributed by atoms with Crippen LogP contribution >= 0.6 is 0 Å². The molecule has 1 aliphatic rings. The number of rotatable bonds is 7. The van der Waals surface area contributed by atoms with Crippen LogP contribution in [0.2, 0.25) is 0 Å². The summed E-state index contributed by atoms with van der Waals surface area (Å²) in [6, 6.07) is 8.65. The van der Waals surface area contributed by atoms with Gasteiger partial charge in [0.05, 0.1) is 23.8 Å². The highest BCUT2D eigenvalue weighted by Gasteiger charge is 2.31. The van der Waals surface area contributed by atoms with Crippen molar-refractivity contribution in [1.82, 2.24) is 24.0 Å². The van der Waals surface area contributed by atoms with Crippen LogP contribution in [0.25, 0.3) is 5.69 Å². The van der Waals surface area contributed by atoms with Crippen molar-refractivity contribution in [3.05, 3.63) is 100 Å². The van der Waals surface area contributed by atoms with E-state index in [-0.39, 0.29) is 29.3 Å². The minimum atomic E-state index is -4.58. The molecular formula is C31H29F3N6O2. The van der Waals surface area contributed by atoms with Crippen LogP contribution in [0, 0.1) is 18.8 Å². The number of aromatic nitrogens is 4. The highest BCUT2D eigenvalue weighted by molar-refractivity contribution is 5.98. The van der Waals surface area contributed by atoms with Crippen LogP contribution in [0.1, 0.15) is 67.5 Å². The zero-order chi connectivity index (χ0) is 30.0. The highest BCUT2D eigenvalue weighted by Crippen LogP contribution is 2.32. The second-order valence-corrected chi connectivity index (χ2v) is 10.4. The fourth-order valence-electron chi connectivity index (χ4n) is 4.95. The lowest BCUT2D eigenvalue weighted by atomic mass is 9.97. The van der Waals surface area contributed by atoms with Crippen LogP contribution in [-0.4, -0.2) is 48.8 Å². The Morgan fingerprint density at radius 2 is 1.81 bits per heavy atom. The molecule has 0 aliphatic carbocycles. The molecule has 1 aliphatic heterocycles. The average Bonchev–Trinajstić information content (AvgIpc) is 3.70. The Balaban J connectivity index is 1.40. The predicted molar refractivity (Wildman–Crippen MR) is 150 cm³/mol. The van der Waals surface area contributed by atoms with E-state index in [2.05, 4.69) is 26.7 Å². The number of hydrogen-bond donors (Lipinski definition) is 1. The quantitative estimate of drug-likeness (QED) is 0.260. The van der Waals surface area contributed by atoms with Gasteiger partial charge in [0.25, 0.3) is 5.91 Å². The summed E-state index contributed by atoms with van der Waals surface area (Å²) in [7, 11) is 1.62. The number of alkyl halides is 3. The van der Waals surface area contributed by atoms with Crippen molar-refractivity contribution >= 4 is 11.7 Å². The topological polar surface area (TPSA) is 99.0 Å². The number of carbonyl (C=O) groups is 2. The van der Waals surface area contributed by atoms with E-state index >= 15 is 0 Å². The van der Waals surface area contributed by atoms with E-state index in [1.807, 2.05) is 6.92 Å². The van der Waals surface area contributed by atoms with Gasteiger partial charge in [-0.3, -0.25) is 14.5 Å². The molecule has 1 amide bonds. The van der Waals surface area contributed by atoms with E-state index in [1.165, 1.54) is 17.1 Å². The standard InChI is InChI=1S/C31H29F3N6O2/c1-20-5-6-23(14-22(20)7-8-26-16-36-30(29(35)42)38(26)2)28(41)13-21-11-24(31(32,33)34)15-27(12-21)40-18-25(37-19-40)17-39-9-3-4-10-39/h5-6,11-12,14-16,18-19H,3-4,9-10,13,17H2,1-2H3,(H2,35,42). The first-order valence-electron chi connectivity index (χ1n) is 13.4. The van der Waals surface area contributed by atoms with Gasteiger partial charge in [-0.1, -0.05) is 18.1 Å². The fourth-order valence-corrected chi connectivity index (χ4v) is 4.95. The first-order chi connectivity index (χ1) is 20.0. The molecule has 0 spiro atoms. The van der Waals surface area contributed by atoms with Gasteiger partial charge in [0, 0.05) is 43.0 Å². The lowest BCUT2D eigenvalue weighted by Gasteiger charge is -2.13. The summed E-state index contributed by atoms with van der Waals surface area (Å²) in [5.41, 5.74) is 7.92. The van der Waals surface area contributed by atoms with Crippen LogP contribution in [0.5, 0.6) is 0 Å². The lowest BCUT2D eigenvalue weighted by Crippen LogP contribution is -2.18. The van der Waals surface area contributed by atoms with Crippen LogP contribution < -0.4 is 5.73 Å². The Bertz CT molecular complexity index is 1720. The third-order valence-corrected chi connectivity index (χ3v) is 7.28. The van der Waals surface area contributed by atoms with Gasteiger partial charge < -0.3 is 14.9 Å². The van der Waals surface area contributed by atoms with E-state index in [9.17, 15) is 22.8 Å². The SMILES string of the molecule is Cc1ccc(C(=O)Cc2cc(-n3cnc(CN4CCCC4)c3)cc(C(F)(F)F)c2)cc1C#Cc1cnc(C(N)=O)n1C. The minimum absolute atomic E-state index is 0.0684. The van der Waals surface area contributed by atoms with E-state index in [0.29, 0.717) is 23.4 Å². The monoisotopic (exact) mass is 574 g/mol. The molecule has 1 fully saturated rings. The normalized spacial score (nSPS) is 13.6. The number of ketones is 1. The van der Waals surface area contributed by atoms with Gasteiger partial charge in [0.1, 0.15) is 5.69 Å². The molecule has 1 saturated heterocycles. The maximum absolute atomic E-state index is 13.8. The second kappa shape index (κ2) is 11.7. The van der Waals surface area contributed by atoms with E-state index in [1.54, 1.807) is 42.1 Å². The summed E-state index contributed by atoms with van der Waals surface area (Å²) >= 11 is 0. The fraction of sp³-hybridized carbons (Fsp3) is 0.290. The largest absolute Gasteiger partial charge is 0.416 e.